The lowest BCUT2D eigenvalue weighted by atomic mass is 10.2. The summed E-state index contributed by atoms with van der Waals surface area (Å²) in [6.07, 6.45) is -1.83. The summed E-state index contributed by atoms with van der Waals surface area (Å²) in [5, 5.41) is 13.2. The van der Waals surface area contributed by atoms with Crippen LogP contribution in [0, 0.1) is 13.7 Å². The number of nitrogens with one attached hydrogen (secondary N) is 1. The number of hydrogen-bond donors (Lipinski definition) is 1. The Kier molecular flexibility index (Phi) is 6.22. The first-order valence-electron chi connectivity index (χ1n) is 5.80. The minimum Gasteiger partial charge on any atom is -0.416 e. The van der Waals surface area contributed by atoms with Crippen molar-refractivity contribution in [3.8, 4) is 0 Å². The van der Waals surface area contributed by atoms with Crippen LogP contribution in [-0.4, -0.2) is 29.1 Å². The van der Waals surface area contributed by atoms with E-state index >= 15 is 0 Å². The predicted octanol–water partition coefficient (Wildman–Crippen LogP) is 1.59. The number of amides is 1. The first-order valence-corrected chi connectivity index (χ1v) is 6.88. The third-order valence-corrected chi connectivity index (χ3v) is 3.06. The van der Waals surface area contributed by atoms with E-state index in [4.69, 9.17) is 0 Å². The van der Waals surface area contributed by atoms with Crippen molar-refractivity contribution in [2.75, 3.05) is 5.32 Å². The number of hydrogen-bond acceptors (Lipinski definition) is 7. The highest BCUT2D eigenvalue weighted by atomic mass is 127. The molecule has 0 heterocycles. The van der Waals surface area contributed by atoms with Crippen molar-refractivity contribution in [2.24, 2.45) is 0 Å². The van der Waals surface area contributed by atoms with Crippen LogP contribution in [0.25, 0.3) is 0 Å². The van der Waals surface area contributed by atoms with Crippen LogP contribution in [0.2, 0.25) is 0 Å². The zero-order valence-electron chi connectivity index (χ0n) is 11.5. The molecule has 0 radical (unpaired) electrons. The zero-order valence-corrected chi connectivity index (χ0v) is 13.6. The molecule has 1 N–H and O–H groups in total. The number of benzene rings is 1. The van der Waals surface area contributed by atoms with Crippen LogP contribution in [0.5, 0.6) is 0 Å². The van der Waals surface area contributed by atoms with Crippen LogP contribution in [-0.2, 0) is 23.9 Å². The fourth-order valence-corrected chi connectivity index (χ4v) is 2.12. The molecule has 0 aliphatic heterocycles. The molecule has 0 unspecified atom stereocenters. The monoisotopic (exact) mass is 422 g/mol. The zero-order chi connectivity index (χ0) is 16.9. The lowest BCUT2D eigenvalue weighted by molar-refractivity contribution is -0.384. The second-order valence-electron chi connectivity index (χ2n) is 3.93. The predicted molar refractivity (Wildman–Crippen MR) is 81.8 cm³/mol. The van der Waals surface area contributed by atoms with Gasteiger partial charge in [-0.05, 0) is 34.7 Å². The van der Waals surface area contributed by atoms with E-state index in [0.29, 0.717) is 3.57 Å². The molecular formula is C12H11IN2O7. The molecule has 0 fully saturated rings. The topological polar surface area (TPSA) is 125 Å². The molecule has 10 heteroatoms. The molecule has 118 valence electrons. The van der Waals surface area contributed by atoms with E-state index in [9.17, 15) is 24.5 Å². The third kappa shape index (κ3) is 4.95. The Morgan fingerprint density at radius 1 is 1.23 bits per heavy atom. The van der Waals surface area contributed by atoms with Crippen LogP contribution < -0.4 is 5.32 Å². The lowest BCUT2D eigenvalue weighted by Crippen LogP contribution is -2.35. The molecule has 0 bridgehead atoms. The van der Waals surface area contributed by atoms with Gasteiger partial charge in [-0.1, -0.05) is 6.07 Å². The maximum atomic E-state index is 12.0. The van der Waals surface area contributed by atoms with Gasteiger partial charge in [0.25, 0.3) is 0 Å². The number of carbonyl (C=O) groups is 3. The molecule has 0 saturated carbocycles. The van der Waals surface area contributed by atoms with E-state index in [1.165, 1.54) is 18.2 Å². The summed E-state index contributed by atoms with van der Waals surface area (Å²) in [5.74, 6) is -2.72. The highest BCUT2D eigenvalue weighted by Gasteiger charge is 2.28. The average Bonchev–Trinajstić information content (AvgIpc) is 2.36. The van der Waals surface area contributed by atoms with E-state index in [1.54, 1.807) is 22.6 Å². The van der Waals surface area contributed by atoms with E-state index in [2.05, 4.69) is 14.8 Å². The molecule has 1 aromatic rings. The van der Waals surface area contributed by atoms with Crippen molar-refractivity contribution in [3.63, 3.8) is 0 Å². The van der Waals surface area contributed by atoms with Gasteiger partial charge in [-0.2, -0.15) is 0 Å². The van der Waals surface area contributed by atoms with Crippen molar-refractivity contribution in [3.05, 3.63) is 31.9 Å². The quantitative estimate of drug-likeness (QED) is 0.251. The first kappa shape index (κ1) is 17.8. The smallest absolute Gasteiger partial charge is 0.326 e. The molecule has 9 nitrogen and oxygen atoms in total. The van der Waals surface area contributed by atoms with Gasteiger partial charge in [0.1, 0.15) is 5.69 Å². The van der Waals surface area contributed by atoms with Gasteiger partial charge in [0, 0.05) is 13.8 Å². The Labute approximate surface area is 138 Å². The summed E-state index contributed by atoms with van der Waals surface area (Å²) in [5.41, 5.74) is -0.424. The number of para-hydroxylation sites is 1. The second kappa shape index (κ2) is 7.68. The Morgan fingerprint density at radius 3 is 2.23 bits per heavy atom. The molecule has 1 rings (SSSR count). The average molecular weight is 422 g/mol. The fourth-order valence-electron chi connectivity index (χ4n) is 1.43. The molecule has 1 aromatic carbocycles. The van der Waals surface area contributed by atoms with Gasteiger partial charge in [-0.3, -0.25) is 24.5 Å². The largest absolute Gasteiger partial charge is 0.416 e. The van der Waals surface area contributed by atoms with Gasteiger partial charge >= 0.3 is 29.8 Å². The van der Waals surface area contributed by atoms with Crippen molar-refractivity contribution in [1.29, 1.82) is 0 Å². The molecule has 0 saturated heterocycles. The van der Waals surface area contributed by atoms with Gasteiger partial charge in [0.05, 0.1) is 8.49 Å². The molecule has 0 atom stereocenters. The SMILES string of the molecule is CC(=O)OC(OC(C)=O)C(=O)Nc1cccc(I)c1[N+](=O)[O-]. The number of nitro groups is 1. The maximum absolute atomic E-state index is 12.0. The fraction of sp³-hybridized carbons (Fsp3) is 0.250. The molecule has 0 aromatic heterocycles. The summed E-state index contributed by atoms with van der Waals surface area (Å²) in [7, 11) is 0. The van der Waals surface area contributed by atoms with Gasteiger partial charge in [0.15, 0.2) is 0 Å². The normalized spacial score (nSPS) is 10.0. The van der Waals surface area contributed by atoms with E-state index in [0.717, 1.165) is 13.8 Å². The van der Waals surface area contributed by atoms with Crippen molar-refractivity contribution in [2.45, 2.75) is 20.1 Å². The number of nitrogens with zero attached hydrogens (tertiary/aromatic N) is 1. The molecule has 0 aliphatic carbocycles. The first-order chi connectivity index (χ1) is 10.2. The third-order valence-electron chi connectivity index (χ3n) is 2.19. The highest BCUT2D eigenvalue weighted by molar-refractivity contribution is 14.1. The molecule has 22 heavy (non-hydrogen) atoms. The molecule has 0 aliphatic rings. The van der Waals surface area contributed by atoms with Crippen molar-refractivity contribution >= 4 is 51.8 Å². The molecule has 1 amide bonds. The van der Waals surface area contributed by atoms with Crippen LogP contribution in [0.1, 0.15) is 13.8 Å². The van der Waals surface area contributed by atoms with Gasteiger partial charge < -0.3 is 14.8 Å². The summed E-state index contributed by atoms with van der Waals surface area (Å²) < 4.78 is 9.42. The van der Waals surface area contributed by atoms with Crippen LogP contribution in [0.15, 0.2) is 18.2 Å². The highest BCUT2D eigenvalue weighted by Crippen LogP contribution is 2.29. The minimum atomic E-state index is -1.83. The van der Waals surface area contributed by atoms with Crippen molar-refractivity contribution in [1.82, 2.24) is 0 Å². The number of esters is 2. The van der Waals surface area contributed by atoms with Crippen LogP contribution in [0.3, 0.4) is 0 Å². The minimum absolute atomic E-state index is 0.105. The Bertz CT molecular complexity index is 616. The number of halogens is 1. The maximum Gasteiger partial charge on any atom is 0.326 e. The number of rotatable bonds is 5. The number of nitro benzene ring substituents is 1. The second-order valence-corrected chi connectivity index (χ2v) is 5.10. The Balaban J connectivity index is 3.03. The standard InChI is InChI=1S/C12H11IN2O7/c1-6(16)21-12(22-7(2)17)11(18)14-9-5-3-4-8(13)10(9)15(19)20/h3-5,12H,1-2H3,(H,14,18). The van der Waals surface area contributed by atoms with Gasteiger partial charge in [-0.25, -0.2) is 0 Å². The van der Waals surface area contributed by atoms with Crippen LogP contribution in [0.4, 0.5) is 11.4 Å². The molecule has 0 spiro atoms. The number of carbonyl (C=O) groups excluding carboxylic acids is 3. The summed E-state index contributed by atoms with van der Waals surface area (Å²) in [6.45, 7) is 2.05. The number of anilines is 1. The summed E-state index contributed by atoms with van der Waals surface area (Å²) in [6, 6.07) is 4.29. The summed E-state index contributed by atoms with van der Waals surface area (Å²) >= 11 is 1.74. The van der Waals surface area contributed by atoms with E-state index < -0.39 is 29.1 Å². The Hall–Kier alpha value is -2.24. The van der Waals surface area contributed by atoms with Gasteiger partial charge in [0.2, 0.25) is 0 Å². The van der Waals surface area contributed by atoms with E-state index in [-0.39, 0.29) is 11.4 Å². The van der Waals surface area contributed by atoms with Crippen LogP contribution >= 0.6 is 22.6 Å². The van der Waals surface area contributed by atoms with Crippen molar-refractivity contribution < 1.29 is 28.8 Å². The van der Waals surface area contributed by atoms with Gasteiger partial charge in [-0.15, -0.1) is 0 Å². The lowest BCUT2D eigenvalue weighted by Gasteiger charge is -2.16. The van der Waals surface area contributed by atoms with E-state index in [1.807, 2.05) is 0 Å². The molecular weight excluding hydrogens is 411 g/mol. The Morgan fingerprint density at radius 2 is 1.77 bits per heavy atom. The summed E-state index contributed by atoms with van der Waals surface area (Å²) in [4.78, 5) is 44.2. The number of ether oxygens (including phenoxy) is 2.